The maximum absolute atomic E-state index is 11.9. The molecule has 0 fully saturated rings. The van der Waals surface area contributed by atoms with Gasteiger partial charge in [0.1, 0.15) is 17.6 Å². The second-order valence-electron chi connectivity index (χ2n) is 8.60. The van der Waals surface area contributed by atoms with E-state index in [2.05, 4.69) is 20.3 Å². The molecule has 0 saturated carbocycles. The fourth-order valence-electron chi connectivity index (χ4n) is 3.39. The van der Waals surface area contributed by atoms with Crippen molar-refractivity contribution in [2.75, 3.05) is 0 Å². The lowest BCUT2D eigenvalue weighted by Crippen LogP contribution is -2.32. The topological polar surface area (TPSA) is 117 Å². The first-order valence-electron chi connectivity index (χ1n) is 10.4. The van der Waals surface area contributed by atoms with Crippen LogP contribution in [0.3, 0.4) is 0 Å². The van der Waals surface area contributed by atoms with Crippen molar-refractivity contribution >= 4 is 23.1 Å². The van der Waals surface area contributed by atoms with Crippen LogP contribution in [0.1, 0.15) is 36.7 Å². The molecule has 0 radical (unpaired) electrons. The largest absolute Gasteiger partial charge is 0.478 e. The highest BCUT2D eigenvalue weighted by Crippen LogP contribution is 2.30. The molecule has 2 aromatic carbocycles. The van der Waals surface area contributed by atoms with Gasteiger partial charge in [0.05, 0.1) is 11.3 Å². The van der Waals surface area contributed by atoms with Gasteiger partial charge in [0.2, 0.25) is 0 Å². The highest BCUT2D eigenvalue weighted by Gasteiger charge is 2.16. The number of carboxylic acids is 1. The number of hydrogen-bond donors (Lipinski definition) is 3. The van der Waals surface area contributed by atoms with Crippen molar-refractivity contribution in [3.8, 4) is 22.5 Å². The summed E-state index contributed by atoms with van der Waals surface area (Å²) in [6, 6.07) is 16.4. The first kappa shape index (κ1) is 22.0. The molecule has 0 aliphatic rings. The average molecular weight is 444 g/mol. The van der Waals surface area contributed by atoms with Crippen molar-refractivity contribution in [2.45, 2.75) is 32.9 Å². The second kappa shape index (κ2) is 8.74. The smallest absolute Gasteiger partial charge is 0.407 e. The molecule has 0 aliphatic heterocycles. The summed E-state index contributed by atoms with van der Waals surface area (Å²) in [5.74, 6) is -0.962. The predicted octanol–water partition coefficient (Wildman–Crippen LogP) is 5.01. The molecule has 0 unspecified atom stereocenters. The molecule has 8 nitrogen and oxygen atoms in total. The van der Waals surface area contributed by atoms with Crippen molar-refractivity contribution < 1.29 is 19.4 Å². The summed E-state index contributed by atoms with van der Waals surface area (Å²) in [5.41, 5.74) is 4.67. The molecular weight excluding hydrogens is 420 g/mol. The Kier molecular flexibility index (Phi) is 5.83. The Balaban J connectivity index is 1.55. The van der Waals surface area contributed by atoms with Crippen LogP contribution in [0.5, 0.6) is 0 Å². The van der Waals surface area contributed by atoms with E-state index in [-0.39, 0.29) is 5.56 Å². The molecule has 33 heavy (non-hydrogen) atoms. The Morgan fingerprint density at radius 1 is 1.00 bits per heavy atom. The van der Waals surface area contributed by atoms with Gasteiger partial charge in [-0.15, -0.1) is 0 Å². The summed E-state index contributed by atoms with van der Waals surface area (Å²) in [7, 11) is 0. The van der Waals surface area contributed by atoms with Crippen LogP contribution in [0.15, 0.2) is 60.9 Å². The van der Waals surface area contributed by atoms with Crippen LogP contribution < -0.4 is 5.32 Å². The number of carbonyl (C=O) groups is 2. The molecule has 8 heteroatoms. The van der Waals surface area contributed by atoms with Crippen LogP contribution in [-0.4, -0.2) is 37.7 Å². The second-order valence-corrected chi connectivity index (χ2v) is 8.60. The number of nitrogens with zero attached hydrogens (tertiary/aromatic N) is 2. The molecule has 1 amide bonds. The molecule has 0 saturated heterocycles. The molecule has 4 aromatic rings. The summed E-state index contributed by atoms with van der Waals surface area (Å²) >= 11 is 0. The molecule has 4 rings (SSSR count). The van der Waals surface area contributed by atoms with Crippen molar-refractivity contribution in [3.05, 3.63) is 72.1 Å². The Hall–Kier alpha value is -4.20. The fourth-order valence-corrected chi connectivity index (χ4v) is 3.39. The number of aromatic nitrogens is 3. The average Bonchev–Trinajstić information content (AvgIpc) is 3.21. The molecule has 3 N–H and O–H groups in total. The Morgan fingerprint density at radius 2 is 1.67 bits per heavy atom. The molecule has 0 bridgehead atoms. The Labute approximate surface area is 190 Å². The molecule has 168 valence electrons. The Morgan fingerprint density at radius 3 is 2.30 bits per heavy atom. The number of ether oxygens (including phenoxy) is 1. The van der Waals surface area contributed by atoms with E-state index >= 15 is 0 Å². The van der Waals surface area contributed by atoms with Gasteiger partial charge in [-0.25, -0.2) is 19.6 Å². The van der Waals surface area contributed by atoms with E-state index in [0.29, 0.717) is 12.2 Å². The zero-order valence-corrected chi connectivity index (χ0v) is 18.5. The third kappa shape index (κ3) is 5.17. The van der Waals surface area contributed by atoms with E-state index in [1.165, 1.54) is 6.33 Å². The van der Waals surface area contributed by atoms with Crippen LogP contribution in [0.25, 0.3) is 33.5 Å². The van der Waals surface area contributed by atoms with Gasteiger partial charge in [0.25, 0.3) is 0 Å². The zero-order valence-electron chi connectivity index (χ0n) is 18.5. The standard InChI is InChI=1S/C25H24N4O4/c1-25(2,3)33-24(32)26-13-15-4-6-17(7-5-15)21-19-12-20(29-22(19)28-14-27-21)16-8-10-18(11-9-16)23(30)31/h4-12,14H,13H2,1-3H3,(H,26,32)(H,30,31)(H,27,28,29). The fraction of sp³-hybridized carbons (Fsp3) is 0.200. The number of carbonyl (C=O) groups excluding carboxylic acids is 1. The van der Waals surface area contributed by atoms with Crippen molar-refractivity contribution in [2.24, 2.45) is 0 Å². The van der Waals surface area contributed by atoms with Gasteiger partial charge in [-0.1, -0.05) is 36.4 Å². The van der Waals surface area contributed by atoms with Gasteiger partial charge >= 0.3 is 12.1 Å². The van der Waals surface area contributed by atoms with Crippen LogP contribution in [0.2, 0.25) is 0 Å². The summed E-state index contributed by atoms with van der Waals surface area (Å²) < 4.78 is 5.26. The number of benzene rings is 2. The number of hydrogen-bond acceptors (Lipinski definition) is 5. The van der Waals surface area contributed by atoms with Crippen molar-refractivity contribution in [1.29, 1.82) is 0 Å². The van der Waals surface area contributed by atoms with Crippen LogP contribution in [0.4, 0.5) is 4.79 Å². The number of H-pyrrole nitrogens is 1. The number of aromatic amines is 1. The van der Waals surface area contributed by atoms with E-state index < -0.39 is 17.7 Å². The molecule has 0 atom stereocenters. The highest BCUT2D eigenvalue weighted by atomic mass is 16.6. The van der Waals surface area contributed by atoms with Gasteiger partial charge in [-0.05, 0) is 50.1 Å². The number of carboxylic acid groups (broad SMARTS) is 1. The van der Waals surface area contributed by atoms with Crippen molar-refractivity contribution in [1.82, 2.24) is 20.3 Å². The van der Waals surface area contributed by atoms with Crippen LogP contribution in [0, 0.1) is 0 Å². The number of rotatable bonds is 5. The number of aromatic carboxylic acids is 1. The minimum Gasteiger partial charge on any atom is -0.478 e. The van der Waals surface area contributed by atoms with E-state index in [1.54, 1.807) is 24.3 Å². The number of alkyl carbamates (subject to hydrolysis) is 1. The zero-order chi connectivity index (χ0) is 23.6. The molecule has 0 aliphatic carbocycles. The minimum atomic E-state index is -0.962. The quantitative estimate of drug-likeness (QED) is 0.398. The first-order valence-corrected chi connectivity index (χ1v) is 10.4. The number of amides is 1. The number of nitrogens with one attached hydrogen (secondary N) is 2. The molecule has 2 heterocycles. The van der Waals surface area contributed by atoms with Gasteiger partial charge < -0.3 is 20.1 Å². The van der Waals surface area contributed by atoms with Gasteiger partial charge in [0, 0.05) is 23.2 Å². The summed E-state index contributed by atoms with van der Waals surface area (Å²) in [4.78, 5) is 35.0. The van der Waals surface area contributed by atoms with Crippen LogP contribution in [-0.2, 0) is 11.3 Å². The Bertz CT molecular complexity index is 1300. The van der Waals surface area contributed by atoms with Gasteiger partial charge in [-0.2, -0.15) is 0 Å². The maximum Gasteiger partial charge on any atom is 0.407 e. The monoisotopic (exact) mass is 444 g/mol. The lowest BCUT2D eigenvalue weighted by atomic mass is 10.1. The van der Waals surface area contributed by atoms with Gasteiger partial charge in [0.15, 0.2) is 0 Å². The summed E-state index contributed by atoms with van der Waals surface area (Å²) in [6.07, 6.45) is 1.05. The lowest BCUT2D eigenvalue weighted by molar-refractivity contribution is 0.0523. The molecular formula is C25H24N4O4. The first-order chi connectivity index (χ1) is 15.7. The minimum absolute atomic E-state index is 0.233. The normalized spacial score (nSPS) is 11.4. The summed E-state index contributed by atoms with van der Waals surface area (Å²) in [5, 5.41) is 12.7. The third-order valence-corrected chi connectivity index (χ3v) is 4.93. The van der Waals surface area contributed by atoms with E-state index in [9.17, 15) is 9.59 Å². The lowest BCUT2D eigenvalue weighted by Gasteiger charge is -2.19. The predicted molar refractivity (Wildman–Crippen MR) is 125 cm³/mol. The summed E-state index contributed by atoms with van der Waals surface area (Å²) in [6.45, 7) is 5.82. The van der Waals surface area contributed by atoms with E-state index in [0.717, 1.165) is 33.5 Å². The molecule has 0 spiro atoms. The molecule has 2 aromatic heterocycles. The highest BCUT2D eigenvalue weighted by molar-refractivity contribution is 5.94. The van der Waals surface area contributed by atoms with Crippen molar-refractivity contribution in [3.63, 3.8) is 0 Å². The number of fused-ring (bicyclic) bond motifs is 1. The van der Waals surface area contributed by atoms with E-state index in [4.69, 9.17) is 9.84 Å². The van der Waals surface area contributed by atoms with E-state index in [1.807, 2.05) is 51.1 Å². The van der Waals surface area contributed by atoms with Crippen LogP contribution >= 0.6 is 0 Å². The maximum atomic E-state index is 11.9. The van der Waals surface area contributed by atoms with Gasteiger partial charge in [-0.3, -0.25) is 0 Å². The third-order valence-electron chi connectivity index (χ3n) is 4.93. The SMILES string of the molecule is CC(C)(C)OC(=O)NCc1ccc(-c2ncnc3[nH]c(-c4ccc(C(=O)O)cc4)cc23)cc1.